The highest BCUT2D eigenvalue weighted by Crippen LogP contribution is 2.25. The van der Waals surface area contributed by atoms with Gasteiger partial charge < -0.3 is 5.73 Å². The van der Waals surface area contributed by atoms with E-state index < -0.39 is 10.0 Å². The van der Waals surface area contributed by atoms with E-state index in [0.717, 1.165) is 14.7 Å². The van der Waals surface area contributed by atoms with Crippen LogP contribution < -0.4 is 10.5 Å². The predicted octanol–water partition coefficient (Wildman–Crippen LogP) is 3.29. The molecule has 0 spiro atoms. The Bertz CT molecular complexity index is 735. The summed E-state index contributed by atoms with van der Waals surface area (Å²) in [7, 11) is -3.63. The summed E-state index contributed by atoms with van der Waals surface area (Å²) in [6.07, 6.45) is 0. The SMILES string of the molecule is Cc1cc(S(=O)(=O)Nc2ccccc2I)cc(N)c1C. The number of sulfonamides is 1. The minimum atomic E-state index is -3.63. The summed E-state index contributed by atoms with van der Waals surface area (Å²) in [4.78, 5) is 0.178. The summed E-state index contributed by atoms with van der Waals surface area (Å²) in [5.74, 6) is 0. The van der Waals surface area contributed by atoms with Gasteiger partial charge >= 0.3 is 0 Å². The van der Waals surface area contributed by atoms with E-state index in [1.807, 2.05) is 26.0 Å². The lowest BCUT2D eigenvalue weighted by molar-refractivity contribution is 0.601. The van der Waals surface area contributed by atoms with Crippen LogP contribution in [0.15, 0.2) is 41.3 Å². The van der Waals surface area contributed by atoms with E-state index in [1.54, 1.807) is 18.2 Å². The number of para-hydroxylation sites is 1. The third-order valence-corrected chi connectivity index (χ3v) is 5.40. The van der Waals surface area contributed by atoms with Gasteiger partial charge in [-0.05, 0) is 71.8 Å². The van der Waals surface area contributed by atoms with Crippen LogP contribution in [0.5, 0.6) is 0 Å². The molecular formula is C14H15IN2O2S. The molecule has 0 aliphatic heterocycles. The molecule has 0 aliphatic rings. The van der Waals surface area contributed by atoms with Crippen molar-refractivity contribution in [2.75, 3.05) is 10.5 Å². The summed E-state index contributed by atoms with van der Waals surface area (Å²) >= 11 is 2.09. The average molecular weight is 402 g/mol. The highest BCUT2D eigenvalue weighted by molar-refractivity contribution is 14.1. The molecule has 0 aliphatic carbocycles. The van der Waals surface area contributed by atoms with Crippen LogP contribution in [0.3, 0.4) is 0 Å². The first-order valence-electron chi connectivity index (χ1n) is 5.95. The van der Waals surface area contributed by atoms with E-state index in [9.17, 15) is 8.42 Å². The topological polar surface area (TPSA) is 72.2 Å². The van der Waals surface area contributed by atoms with Crippen molar-refractivity contribution in [3.05, 3.63) is 51.1 Å². The van der Waals surface area contributed by atoms with Gasteiger partial charge in [0.2, 0.25) is 0 Å². The summed E-state index contributed by atoms with van der Waals surface area (Å²) in [6.45, 7) is 3.71. The molecule has 6 heteroatoms. The molecule has 0 atom stereocenters. The number of benzene rings is 2. The quantitative estimate of drug-likeness (QED) is 0.612. The zero-order chi connectivity index (χ0) is 14.9. The van der Waals surface area contributed by atoms with E-state index in [-0.39, 0.29) is 4.90 Å². The molecule has 2 rings (SSSR count). The van der Waals surface area contributed by atoms with Crippen molar-refractivity contribution >= 4 is 44.0 Å². The summed E-state index contributed by atoms with van der Waals surface area (Å²) < 4.78 is 28.2. The Labute approximate surface area is 132 Å². The van der Waals surface area contributed by atoms with Crippen molar-refractivity contribution in [2.45, 2.75) is 18.7 Å². The highest BCUT2D eigenvalue weighted by atomic mass is 127. The average Bonchev–Trinajstić information content (AvgIpc) is 2.38. The molecule has 0 bridgehead atoms. The van der Waals surface area contributed by atoms with Gasteiger partial charge in [-0.3, -0.25) is 4.72 Å². The number of anilines is 2. The van der Waals surface area contributed by atoms with Crippen molar-refractivity contribution in [1.29, 1.82) is 0 Å². The van der Waals surface area contributed by atoms with Crippen LogP contribution in [-0.4, -0.2) is 8.42 Å². The monoisotopic (exact) mass is 402 g/mol. The fourth-order valence-corrected chi connectivity index (χ4v) is 3.66. The van der Waals surface area contributed by atoms with Crippen LogP contribution in [0.1, 0.15) is 11.1 Å². The van der Waals surface area contributed by atoms with Crippen LogP contribution in [-0.2, 0) is 10.0 Å². The summed E-state index contributed by atoms with van der Waals surface area (Å²) in [5.41, 5.74) is 8.64. The maximum Gasteiger partial charge on any atom is 0.262 e. The van der Waals surface area contributed by atoms with E-state index in [2.05, 4.69) is 27.3 Å². The van der Waals surface area contributed by atoms with E-state index >= 15 is 0 Å². The number of hydrogen-bond donors (Lipinski definition) is 2. The van der Waals surface area contributed by atoms with Crippen LogP contribution in [0.4, 0.5) is 11.4 Å². The predicted molar refractivity (Wildman–Crippen MR) is 90.3 cm³/mol. The fourth-order valence-electron chi connectivity index (χ4n) is 1.76. The Morgan fingerprint density at radius 1 is 1.15 bits per heavy atom. The van der Waals surface area contributed by atoms with E-state index in [1.165, 1.54) is 6.07 Å². The number of hydrogen-bond acceptors (Lipinski definition) is 3. The van der Waals surface area contributed by atoms with Crippen molar-refractivity contribution in [3.63, 3.8) is 0 Å². The van der Waals surface area contributed by atoms with Crippen molar-refractivity contribution in [1.82, 2.24) is 0 Å². The third-order valence-electron chi connectivity index (χ3n) is 3.11. The number of nitrogens with two attached hydrogens (primary N) is 1. The second kappa shape index (κ2) is 5.61. The zero-order valence-electron chi connectivity index (χ0n) is 11.1. The standard InChI is InChI=1S/C14H15IN2O2S/c1-9-7-11(8-13(16)10(9)2)20(18,19)17-14-6-4-3-5-12(14)15/h3-8,17H,16H2,1-2H3. The highest BCUT2D eigenvalue weighted by Gasteiger charge is 2.17. The smallest absolute Gasteiger partial charge is 0.262 e. The van der Waals surface area contributed by atoms with Gasteiger partial charge in [0.25, 0.3) is 10.0 Å². The molecule has 0 heterocycles. The molecule has 0 saturated heterocycles. The molecule has 0 aromatic heterocycles. The normalized spacial score (nSPS) is 11.3. The zero-order valence-corrected chi connectivity index (χ0v) is 14.1. The van der Waals surface area contributed by atoms with Gasteiger partial charge in [0, 0.05) is 9.26 Å². The summed E-state index contributed by atoms with van der Waals surface area (Å²) in [6, 6.07) is 10.3. The largest absolute Gasteiger partial charge is 0.398 e. The number of rotatable bonds is 3. The molecule has 2 aromatic carbocycles. The first-order chi connectivity index (χ1) is 9.31. The Balaban J connectivity index is 2.44. The number of halogens is 1. The molecule has 0 amide bonds. The molecule has 0 radical (unpaired) electrons. The summed E-state index contributed by atoms with van der Waals surface area (Å²) in [5, 5.41) is 0. The number of nitrogens with one attached hydrogen (secondary N) is 1. The molecule has 2 aromatic rings. The Hall–Kier alpha value is -1.28. The minimum absolute atomic E-state index is 0.178. The van der Waals surface area contributed by atoms with Gasteiger partial charge in [0.05, 0.1) is 10.6 Å². The van der Waals surface area contributed by atoms with Gasteiger partial charge in [-0.15, -0.1) is 0 Å². The van der Waals surface area contributed by atoms with Gasteiger partial charge in [0.15, 0.2) is 0 Å². The molecule has 0 unspecified atom stereocenters. The van der Waals surface area contributed by atoms with Gasteiger partial charge in [-0.1, -0.05) is 12.1 Å². The van der Waals surface area contributed by atoms with Crippen molar-refractivity contribution in [2.24, 2.45) is 0 Å². The second-order valence-electron chi connectivity index (χ2n) is 4.54. The van der Waals surface area contributed by atoms with Gasteiger partial charge in [0.1, 0.15) is 0 Å². The molecular weight excluding hydrogens is 387 g/mol. The van der Waals surface area contributed by atoms with Crippen LogP contribution >= 0.6 is 22.6 Å². The van der Waals surface area contributed by atoms with Crippen molar-refractivity contribution < 1.29 is 8.42 Å². The maximum absolute atomic E-state index is 12.4. The first-order valence-corrected chi connectivity index (χ1v) is 8.51. The molecule has 20 heavy (non-hydrogen) atoms. The molecule has 4 nitrogen and oxygen atoms in total. The maximum atomic E-state index is 12.4. The van der Waals surface area contributed by atoms with Crippen molar-refractivity contribution in [3.8, 4) is 0 Å². The third kappa shape index (κ3) is 3.06. The lowest BCUT2D eigenvalue weighted by Crippen LogP contribution is -2.14. The van der Waals surface area contributed by atoms with Gasteiger partial charge in [-0.25, -0.2) is 8.42 Å². The molecule has 3 N–H and O–H groups in total. The molecule has 0 fully saturated rings. The Morgan fingerprint density at radius 2 is 1.80 bits per heavy atom. The Kier molecular flexibility index (Phi) is 4.24. The Morgan fingerprint density at radius 3 is 2.40 bits per heavy atom. The lowest BCUT2D eigenvalue weighted by atomic mass is 10.1. The second-order valence-corrected chi connectivity index (χ2v) is 7.38. The molecule has 106 valence electrons. The molecule has 0 saturated carbocycles. The number of nitrogen functional groups attached to an aromatic ring is 1. The number of aryl methyl sites for hydroxylation is 1. The lowest BCUT2D eigenvalue weighted by Gasteiger charge is -2.12. The van der Waals surface area contributed by atoms with Crippen LogP contribution in [0.2, 0.25) is 0 Å². The van der Waals surface area contributed by atoms with Crippen LogP contribution in [0, 0.1) is 17.4 Å². The first kappa shape index (κ1) is 15.1. The minimum Gasteiger partial charge on any atom is -0.398 e. The van der Waals surface area contributed by atoms with Gasteiger partial charge in [-0.2, -0.15) is 0 Å². The van der Waals surface area contributed by atoms with Crippen LogP contribution in [0.25, 0.3) is 0 Å². The fraction of sp³-hybridized carbons (Fsp3) is 0.143. The van der Waals surface area contributed by atoms with E-state index in [0.29, 0.717) is 11.4 Å². The van der Waals surface area contributed by atoms with E-state index in [4.69, 9.17) is 5.73 Å².